The Bertz CT molecular complexity index is 963. The maximum atomic E-state index is 11.4. The Morgan fingerprint density at radius 3 is 2.67 bits per heavy atom. The molecule has 5 N–H and O–H groups in total. The molecule has 1 saturated heterocycles. The van der Waals surface area contributed by atoms with Crippen molar-refractivity contribution in [2.75, 3.05) is 49.3 Å². The molecule has 3 heterocycles. The molecule has 0 atom stereocenters. The number of anilines is 3. The maximum absolute atomic E-state index is 11.4. The number of nitrogens with two attached hydrogens (primary N) is 1. The second kappa shape index (κ2) is 7.08. The number of rotatable bonds is 3. The van der Waals surface area contributed by atoms with E-state index in [2.05, 4.69) is 30.7 Å². The summed E-state index contributed by atoms with van der Waals surface area (Å²) in [5.41, 5.74) is 8.79. The van der Waals surface area contributed by atoms with Crippen LogP contribution in [0, 0.1) is 0 Å². The first-order valence-electron chi connectivity index (χ1n) is 8.59. The number of fused-ring (bicyclic) bond motifs is 1. The molecule has 0 saturated carbocycles. The molecule has 2 aromatic heterocycles. The SMILES string of the molecule is CNC(=O)Nc1ccc(-c2nc(N3CCOCC3)c3[nH]nc(N)c3n2)cc1. The normalized spacial score (nSPS) is 14.3. The molecule has 0 spiro atoms. The van der Waals surface area contributed by atoms with Crippen LogP contribution < -0.4 is 21.3 Å². The molecule has 3 aromatic rings. The van der Waals surface area contributed by atoms with E-state index in [-0.39, 0.29) is 6.03 Å². The number of hydrogen-bond acceptors (Lipinski definition) is 7. The molecule has 0 radical (unpaired) electrons. The van der Waals surface area contributed by atoms with E-state index >= 15 is 0 Å². The van der Waals surface area contributed by atoms with Crippen LogP contribution >= 0.6 is 0 Å². The minimum absolute atomic E-state index is 0.277. The number of H-pyrrole nitrogens is 1. The molecule has 27 heavy (non-hydrogen) atoms. The number of morpholine rings is 1. The van der Waals surface area contributed by atoms with E-state index < -0.39 is 0 Å². The molecule has 0 bridgehead atoms. The van der Waals surface area contributed by atoms with E-state index in [4.69, 9.17) is 15.5 Å². The predicted molar refractivity (Wildman–Crippen MR) is 103 cm³/mol. The molecule has 2 amide bonds. The van der Waals surface area contributed by atoms with Crippen LogP contribution in [0.4, 0.5) is 22.1 Å². The fraction of sp³-hybridized carbons (Fsp3) is 0.294. The van der Waals surface area contributed by atoms with Crippen LogP contribution in [0.25, 0.3) is 22.4 Å². The number of carbonyl (C=O) groups excluding carboxylic acids is 1. The average Bonchev–Trinajstić information content (AvgIpc) is 3.09. The number of ether oxygens (including phenoxy) is 1. The number of aromatic amines is 1. The van der Waals surface area contributed by atoms with Gasteiger partial charge in [0.05, 0.1) is 13.2 Å². The highest BCUT2D eigenvalue weighted by Crippen LogP contribution is 2.29. The van der Waals surface area contributed by atoms with Gasteiger partial charge < -0.3 is 26.0 Å². The fourth-order valence-corrected chi connectivity index (χ4v) is 2.94. The molecule has 1 fully saturated rings. The third-order valence-corrected chi connectivity index (χ3v) is 4.36. The highest BCUT2D eigenvalue weighted by molar-refractivity contribution is 5.94. The molecular weight excluding hydrogens is 348 g/mol. The Balaban J connectivity index is 1.73. The second-order valence-electron chi connectivity index (χ2n) is 6.08. The van der Waals surface area contributed by atoms with E-state index in [0.29, 0.717) is 36.1 Å². The summed E-state index contributed by atoms with van der Waals surface area (Å²) in [6.07, 6.45) is 0. The lowest BCUT2D eigenvalue weighted by atomic mass is 10.2. The number of aromatic nitrogens is 4. The molecule has 140 valence electrons. The van der Waals surface area contributed by atoms with Gasteiger partial charge in [0.15, 0.2) is 17.5 Å². The van der Waals surface area contributed by atoms with E-state index in [1.54, 1.807) is 19.2 Å². The zero-order valence-corrected chi connectivity index (χ0v) is 14.8. The number of nitrogens with zero attached hydrogens (tertiary/aromatic N) is 4. The van der Waals surface area contributed by atoms with Gasteiger partial charge in [-0.3, -0.25) is 5.10 Å². The van der Waals surface area contributed by atoms with Crippen LogP contribution in [0.3, 0.4) is 0 Å². The van der Waals surface area contributed by atoms with Gasteiger partial charge in [0, 0.05) is 31.4 Å². The van der Waals surface area contributed by atoms with Gasteiger partial charge in [0.2, 0.25) is 0 Å². The van der Waals surface area contributed by atoms with Crippen molar-refractivity contribution in [1.82, 2.24) is 25.5 Å². The van der Waals surface area contributed by atoms with Crippen molar-refractivity contribution in [3.05, 3.63) is 24.3 Å². The molecule has 1 aliphatic rings. The zero-order valence-electron chi connectivity index (χ0n) is 14.8. The molecule has 1 aromatic carbocycles. The van der Waals surface area contributed by atoms with Gasteiger partial charge in [0.25, 0.3) is 0 Å². The fourth-order valence-electron chi connectivity index (χ4n) is 2.94. The van der Waals surface area contributed by atoms with Crippen molar-refractivity contribution in [1.29, 1.82) is 0 Å². The van der Waals surface area contributed by atoms with Crippen LogP contribution in [-0.2, 0) is 4.74 Å². The van der Waals surface area contributed by atoms with E-state index in [0.717, 1.165) is 30.0 Å². The van der Waals surface area contributed by atoms with Gasteiger partial charge in [-0.1, -0.05) is 0 Å². The summed E-state index contributed by atoms with van der Waals surface area (Å²) in [4.78, 5) is 22.9. The van der Waals surface area contributed by atoms with Crippen molar-refractivity contribution in [2.24, 2.45) is 0 Å². The van der Waals surface area contributed by atoms with E-state index in [9.17, 15) is 4.79 Å². The summed E-state index contributed by atoms with van der Waals surface area (Å²) in [6, 6.07) is 7.02. The summed E-state index contributed by atoms with van der Waals surface area (Å²) < 4.78 is 5.43. The third kappa shape index (κ3) is 3.34. The van der Waals surface area contributed by atoms with Crippen LogP contribution in [0.2, 0.25) is 0 Å². The van der Waals surface area contributed by atoms with Gasteiger partial charge >= 0.3 is 6.03 Å². The summed E-state index contributed by atoms with van der Waals surface area (Å²) in [5, 5.41) is 12.2. The first-order valence-corrected chi connectivity index (χ1v) is 8.59. The number of nitrogens with one attached hydrogen (secondary N) is 3. The van der Waals surface area contributed by atoms with Crippen molar-refractivity contribution in [3.8, 4) is 11.4 Å². The first-order chi connectivity index (χ1) is 13.2. The number of hydrogen-bond donors (Lipinski definition) is 4. The smallest absolute Gasteiger partial charge is 0.318 e. The van der Waals surface area contributed by atoms with Gasteiger partial charge in [-0.05, 0) is 24.3 Å². The Hall–Kier alpha value is -3.40. The summed E-state index contributed by atoms with van der Waals surface area (Å²) in [7, 11) is 1.56. The molecule has 1 aliphatic heterocycles. The van der Waals surface area contributed by atoms with Gasteiger partial charge in [0.1, 0.15) is 11.0 Å². The van der Waals surface area contributed by atoms with E-state index in [1.165, 1.54) is 0 Å². The Morgan fingerprint density at radius 2 is 1.96 bits per heavy atom. The standard InChI is InChI=1S/C17H20N8O2/c1-19-17(26)20-11-4-2-10(3-5-11)15-21-12-13(23-24-14(12)18)16(22-15)25-6-8-27-9-7-25/h2-5H,6-9H2,1H3,(H3,18,23,24)(H2,19,20,26). The Labute approximate surface area is 155 Å². The second-order valence-corrected chi connectivity index (χ2v) is 6.08. The summed E-state index contributed by atoms with van der Waals surface area (Å²) in [6.45, 7) is 2.76. The van der Waals surface area contributed by atoms with Gasteiger partial charge in [-0.2, -0.15) is 5.10 Å². The highest BCUT2D eigenvalue weighted by Gasteiger charge is 2.20. The molecule has 10 nitrogen and oxygen atoms in total. The number of nitrogen functional groups attached to an aromatic ring is 1. The Morgan fingerprint density at radius 1 is 1.22 bits per heavy atom. The average molecular weight is 368 g/mol. The predicted octanol–water partition coefficient (Wildman–Crippen LogP) is 1.19. The quantitative estimate of drug-likeness (QED) is 0.545. The van der Waals surface area contributed by atoms with Crippen molar-refractivity contribution in [2.45, 2.75) is 0 Å². The zero-order chi connectivity index (χ0) is 18.8. The highest BCUT2D eigenvalue weighted by atomic mass is 16.5. The van der Waals surface area contributed by atoms with Crippen molar-refractivity contribution in [3.63, 3.8) is 0 Å². The van der Waals surface area contributed by atoms with Crippen LogP contribution in [0.1, 0.15) is 0 Å². The maximum Gasteiger partial charge on any atom is 0.318 e. The lowest BCUT2D eigenvalue weighted by Gasteiger charge is -2.28. The molecular formula is C17H20N8O2. The number of amides is 2. The van der Waals surface area contributed by atoms with Crippen molar-refractivity contribution < 1.29 is 9.53 Å². The lowest BCUT2D eigenvalue weighted by molar-refractivity contribution is 0.122. The summed E-state index contributed by atoms with van der Waals surface area (Å²) >= 11 is 0. The minimum Gasteiger partial charge on any atom is -0.380 e. The summed E-state index contributed by atoms with van der Waals surface area (Å²) in [5.74, 6) is 1.64. The Kier molecular flexibility index (Phi) is 4.47. The monoisotopic (exact) mass is 368 g/mol. The van der Waals surface area contributed by atoms with Crippen LogP contribution in [0.15, 0.2) is 24.3 Å². The topological polar surface area (TPSA) is 134 Å². The largest absolute Gasteiger partial charge is 0.380 e. The lowest BCUT2D eigenvalue weighted by Crippen LogP contribution is -2.37. The van der Waals surface area contributed by atoms with Crippen LogP contribution in [-0.4, -0.2) is 59.5 Å². The van der Waals surface area contributed by atoms with E-state index in [1.807, 2.05) is 12.1 Å². The van der Waals surface area contributed by atoms with Gasteiger partial charge in [-0.15, -0.1) is 0 Å². The van der Waals surface area contributed by atoms with Gasteiger partial charge in [-0.25, -0.2) is 14.8 Å². The molecule has 0 unspecified atom stereocenters. The first kappa shape index (κ1) is 17.0. The van der Waals surface area contributed by atoms with Crippen LogP contribution in [0.5, 0.6) is 0 Å². The number of carbonyl (C=O) groups is 1. The number of urea groups is 1. The molecule has 0 aliphatic carbocycles. The number of benzene rings is 1. The minimum atomic E-state index is -0.277. The molecule has 10 heteroatoms. The third-order valence-electron chi connectivity index (χ3n) is 4.36. The van der Waals surface area contributed by atoms with Crippen molar-refractivity contribution >= 4 is 34.4 Å². The molecule has 4 rings (SSSR count).